The van der Waals surface area contributed by atoms with Gasteiger partial charge in [0.2, 0.25) is 5.91 Å². The number of aryl methyl sites for hydroxylation is 3. The highest BCUT2D eigenvalue weighted by atomic mass is 32.1. The number of benzene rings is 1. The molecule has 0 unspecified atom stereocenters. The Balaban J connectivity index is 1.50. The number of fused-ring (bicyclic) bond motifs is 1. The molecular formula is C23H28N4OS. The second kappa shape index (κ2) is 7.75. The van der Waals surface area contributed by atoms with Gasteiger partial charge in [-0.05, 0) is 63.3 Å². The maximum atomic E-state index is 13.2. The quantitative estimate of drug-likeness (QED) is 0.624. The monoisotopic (exact) mass is 408 g/mol. The third kappa shape index (κ3) is 3.50. The summed E-state index contributed by atoms with van der Waals surface area (Å²) in [7, 11) is 1.90. The topological polar surface area (TPSA) is 49.3 Å². The van der Waals surface area contributed by atoms with Gasteiger partial charge in [0, 0.05) is 36.6 Å². The van der Waals surface area contributed by atoms with Crippen LogP contribution >= 0.6 is 11.3 Å². The molecule has 3 aromatic rings. The highest BCUT2D eigenvalue weighted by Gasteiger charge is 2.30. The lowest BCUT2D eigenvalue weighted by molar-refractivity contribution is -0.122. The van der Waals surface area contributed by atoms with Gasteiger partial charge >= 0.3 is 0 Å². The fraction of sp³-hybridized carbons (Fsp3) is 0.435. The minimum absolute atomic E-state index is 0.0544. The number of hydrogen-bond acceptors (Lipinski definition) is 5. The van der Waals surface area contributed by atoms with Crippen LogP contribution in [0.2, 0.25) is 0 Å². The minimum atomic E-state index is 0.0544. The van der Waals surface area contributed by atoms with Crippen LogP contribution in [0.4, 0.5) is 11.5 Å². The highest BCUT2D eigenvalue weighted by Crippen LogP contribution is 2.36. The van der Waals surface area contributed by atoms with E-state index in [2.05, 4.69) is 48.6 Å². The van der Waals surface area contributed by atoms with Gasteiger partial charge in [0.1, 0.15) is 17.0 Å². The number of aromatic nitrogens is 2. The van der Waals surface area contributed by atoms with Gasteiger partial charge in [0.15, 0.2) is 0 Å². The van der Waals surface area contributed by atoms with E-state index in [4.69, 9.17) is 0 Å². The number of piperidine rings is 1. The molecule has 0 saturated carbocycles. The van der Waals surface area contributed by atoms with Gasteiger partial charge in [-0.2, -0.15) is 0 Å². The van der Waals surface area contributed by atoms with Gasteiger partial charge in [-0.15, -0.1) is 11.3 Å². The van der Waals surface area contributed by atoms with Crippen molar-refractivity contribution in [1.82, 2.24) is 9.97 Å². The molecule has 0 atom stereocenters. The second-order valence-corrected chi connectivity index (χ2v) is 9.24. The van der Waals surface area contributed by atoms with Crippen LogP contribution in [0, 0.1) is 33.6 Å². The van der Waals surface area contributed by atoms with E-state index in [-0.39, 0.29) is 11.8 Å². The van der Waals surface area contributed by atoms with Gasteiger partial charge in [-0.1, -0.05) is 12.1 Å². The lowest BCUT2D eigenvalue weighted by atomic mass is 9.94. The summed E-state index contributed by atoms with van der Waals surface area (Å²) < 4.78 is 0. The Morgan fingerprint density at radius 3 is 2.55 bits per heavy atom. The normalized spacial score (nSPS) is 15.1. The van der Waals surface area contributed by atoms with E-state index in [1.165, 1.54) is 27.0 Å². The third-order valence-corrected chi connectivity index (χ3v) is 7.47. The van der Waals surface area contributed by atoms with Crippen LogP contribution in [0.25, 0.3) is 10.2 Å². The average molecular weight is 409 g/mol. The van der Waals surface area contributed by atoms with Crippen LogP contribution in [0.1, 0.15) is 34.4 Å². The molecule has 1 fully saturated rings. The first-order chi connectivity index (χ1) is 13.9. The maximum Gasteiger partial charge on any atom is 0.229 e. The summed E-state index contributed by atoms with van der Waals surface area (Å²) in [6, 6.07) is 6.15. The SMILES string of the molecule is Cc1cccc(N(C)C(=O)C2CCN(c3ncnc4sc(C)c(C)c34)CC2)c1C. The molecule has 3 heterocycles. The average Bonchev–Trinajstić information content (AvgIpc) is 3.03. The van der Waals surface area contributed by atoms with Crippen LogP contribution in [-0.2, 0) is 4.79 Å². The van der Waals surface area contributed by atoms with Gasteiger partial charge in [-0.3, -0.25) is 4.79 Å². The molecule has 0 radical (unpaired) electrons. The summed E-state index contributed by atoms with van der Waals surface area (Å²) >= 11 is 1.73. The molecule has 2 aromatic heterocycles. The van der Waals surface area contributed by atoms with Crippen LogP contribution in [0.3, 0.4) is 0 Å². The number of thiophene rings is 1. The lowest BCUT2D eigenvalue weighted by Gasteiger charge is -2.34. The molecule has 6 heteroatoms. The Labute approximate surface area is 176 Å². The first-order valence-electron chi connectivity index (χ1n) is 10.2. The van der Waals surface area contributed by atoms with Crippen LogP contribution in [0.5, 0.6) is 0 Å². The maximum absolute atomic E-state index is 13.2. The lowest BCUT2D eigenvalue weighted by Crippen LogP contribution is -2.42. The van der Waals surface area contributed by atoms with Crippen molar-refractivity contribution in [1.29, 1.82) is 0 Å². The molecule has 0 aliphatic carbocycles. The van der Waals surface area contributed by atoms with E-state index in [0.29, 0.717) is 0 Å². The number of hydrogen-bond donors (Lipinski definition) is 0. The van der Waals surface area contributed by atoms with Crippen molar-refractivity contribution in [3.63, 3.8) is 0 Å². The number of rotatable bonds is 3. The zero-order valence-electron chi connectivity index (χ0n) is 17.8. The standard InChI is InChI=1S/C23H28N4OS/c1-14-7-6-8-19(15(14)2)26(5)23(28)18-9-11-27(12-10-18)21-20-16(3)17(4)29-22(20)25-13-24-21/h6-8,13,18H,9-12H2,1-5H3. The Morgan fingerprint density at radius 1 is 1.10 bits per heavy atom. The van der Waals surface area contributed by atoms with Gasteiger partial charge in [0.05, 0.1) is 5.39 Å². The number of amides is 1. The summed E-state index contributed by atoms with van der Waals surface area (Å²) in [5.74, 6) is 1.29. The van der Waals surface area contributed by atoms with E-state index in [1.807, 2.05) is 24.1 Å². The third-order valence-electron chi connectivity index (χ3n) is 6.36. The number of nitrogens with zero attached hydrogens (tertiary/aromatic N) is 4. The van der Waals surface area contributed by atoms with E-state index < -0.39 is 0 Å². The molecule has 5 nitrogen and oxygen atoms in total. The van der Waals surface area contributed by atoms with Crippen molar-refractivity contribution >= 4 is 39.0 Å². The van der Waals surface area contributed by atoms with Gasteiger partial charge < -0.3 is 9.80 Å². The van der Waals surface area contributed by atoms with Crippen molar-refractivity contribution < 1.29 is 4.79 Å². The predicted molar refractivity (Wildman–Crippen MR) is 121 cm³/mol. The summed E-state index contributed by atoms with van der Waals surface area (Å²) in [5, 5.41) is 1.17. The number of carbonyl (C=O) groups is 1. The Morgan fingerprint density at radius 2 is 1.83 bits per heavy atom. The summed E-state index contributed by atoms with van der Waals surface area (Å²) in [5.41, 5.74) is 4.67. The van der Waals surface area contributed by atoms with Crippen molar-refractivity contribution in [2.75, 3.05) is 29.9 Å². The van der Waals surface area contributed by atoms with E-state index in [0.717, 1.165) is 42.3 Å². The van der Waals surface area contributed by atoms with Crippen molar-refractivity contribution in [3.05, 3.63) is 46.1 Å². The Bertz CT molecular complexity index is 1070. The molecule has 4 rings (SSSR count). The zero-order valence-corrected chi connectivity index (χ0v) is 18.6. The molecule has 1 amide bonds. The largest absolute Gasteiger partial charge is 0.356 e. The Hall–Kier alpha value is -2.47. The zero-order chi connectivity index (χ0) is 20.7. The van der Waals surface area contributed by atoms with Crippen molar-refractivity contribution in [2.24, 2.45) is 5.92 Å². The summed E-state index contributed by atoms with van der Waals surface area (Å²) in [6.07, 6.45) is 3.36. The molecule has 1 saturated heterocycles. The molecule has 29 heavy (non-hydrogen) atoms. The molecule has 1 aromatic carbocycles. The Kier molecular flexibility index (Phi) is 5.30. The first-order valence-corrected chi connectivity index (χ1v) is 11.0. The summed E-state index contributed by atoms with van der Waals surface area (Å²) in [6.45, 7) is 10.2. The van der Waals surface area contributed by atoms with E-state index in [9.17, 15) is 4.79 Å². The molecule has 152 valence electrons. The fourth-order valence-corrected chi connectivity index (χ4v) is 5.22. The molecular weight excluding hydrogens is 380 g/mol. The highest BCUT2D eigenvalue weighted by molar-refractivity contribution is 7.18. The van der Waals surface area contributed by atoms with Crippen LogP contribution in [-0.4, -0.2) is 36.0 Å². The molecule has 0 N–H and O–H groups in total. The molecule has 0 bridgehead atoms. The predicted octanol–water partition coefficient (Wildman–Crippen LogP) is 4.80. The van der Waals surface area contributed by atoms with Gasteiger partial charge in [0.25, 0.3) is 0 Å². The van der Waals surface area contributed by atoms with Gasteiger partial charge in [-0.25, -0.2) is 9.97 Å². The van der Waals surface area contributed by atoms with E-state index in [1.54, 1.807) is 17.7 Å². The van der Waals surface area contributed by atoms with Crippen LogP contribution in [0.15, 0.2) is 24.5 Å². The number of carbonyl (C=O) groups excluding carboxylic acids is 1. The molecule has 0 spiro atoms. The van der Waals surface area contributed by atoms with Crippen LogP contribution < -0.4 is 9.80 Å². The van der Waals surface area contributed by atoms with Crippen molar-refractivity contribution in [2.45, 2.75) is 40.5 Å². The fourth-order valence-electron chi connectivity index (χ4n) is 4.23. The minimum Gasteiger partial charge on any atom is -0.356 e. The molecule has 1 aliphatic rings. The van der Waals surface area contributed by atoms with E-state index >= 15 is 0 Å². The smallest absolute Gasteiger partial charge is 0.229 e. The second-order valence-electron chi connectivity index (χ2n) is 8.04. The first kappa shape index (κ1) is 19.8. The van der Waals surface area contributed by atoms with Crippen molar-refractivity contribution in [3.8, 4) is 0 Å². The molecule has 1 aliphatic heterocycles. The summed E-state index contributed by atoms with van der Waals surface area (Å²) in [4.78, 5) is 28.7. The number of anilines is 2.